The molecule has 0 saturated carbocycles. The molecule has 0 radical (unpaired) electrons. The molecule has 3 aromatic rings. The van der Waals surface area contributed by atoms with Gasteiger partial charge in [0.2, 0.25) is 0 Å². The van der Waals surface area contributed by atoms with E-state index in [0.717, 1.165) is 11.1 Å². The number of benzene rings is 2. The summed E-state index contributed by atoms with van der Waals surface area (Å²) in [4.78, 5) is 3.98. The lowest BCUT2D eigenvalue weighted by atomic mass is 10.1. The van der Waals surface area contributed by atoms with Crippen LogP contribution in [0.1, 0.15) is 12.5 Å². The van der Waals surface area contributed by atoms with Crippen molar-refractivity contribution in [3.05, 3.63) is 82.5 Å². The van der Waals surface area contributed by atoms with Crippen LogP contribution in [0, 0.1) is 0 Å². The van der Waals surface area contributed by atoms with E-state index >= 15 is 0 Å². The minimum atomic E-state index is 0.478. The van der Waals surface area contributed by atoms with Crippen LogP contribution in [0.25, 0.3) is 11.8 Å². The van der Waals surface area contributed by atoms with Gasteiger partial charge in [-0.1, -0.05) is 41.1 Å². The molecule has 120 valence electrons. The minimum absolute atomic E-state index is 0.478. The Kier molecular flexibility index (Phi) is 5.07. The number of hydrogen-bond acceptors (Lipinski definition) is 2. The van der Waals surface area contributed by atoms with Crippen molar-refractivity contribution < 1.29 is 4.74 Å². The van der Waals surface area contributed by atoms with Crippen LogP contribution in [0.2, 0.25) is 10.0 Å². The maximum atomic E-state index is 6.12. The molecule has 0 N–H and O–H groups in total. The van der Waals surface area contributed by atoms with E-state index in [1.54, 1.807) is 30.7 Å². The second-order valence-corrected chi connectivity index (χ2v) is 5.95. The number of nitrogens with zero attached hydrogens (tertiary/aromatic N) is 2. The SMILES string of the molecule is CC(=C=Cn1ccnc1)c1ccc(Oc2ccc(Cl)cc2Cl)cc1. The molecule has 3 rings (SSSR count). The first-order valence-electron chi connectivity index (χ1n) is 7.26. The summed E-state index contributed by atoms with van der Waals surface area (Å²) in [6.45, 7) is 2.00. The van der Waals surface area contributed by atoms with Gasteiger partial charge < -0.3 is 9.30 Å². The number of ether oxygens (including phenoxy) is 1. The fourth-order valence-corrected chi connectivity index (χ4v) is 2.51. The molecule has 3 nitrogen and oxygen atoms in total. The van der Waals surface area contributed by atoms with Gasteiger partial charge >= 0.3 is 0 Å². The zero-order chi connectivity index (χ0) is 16.9. The molecule has 0 spiro atoms. The molecule has 0 amide bonds. The molecule has 0 unspecified atom stereocenters. The first-order valence-corrected chi connectivity index (χ1v) is 8.01. The van der Waals surface area contributed by atoms with Crippen LogP contribution in [-0.4, -0.2) is 9.55 Å². The summed E-state index contributed by atoms with van der Waals surface area (Å²) in [6.07, 6.45) is 7.13. The van der Waals surface area contributed by atoms with Crippen LogP contribution >= 0.6 is 23.2 Å². The Hall–Kier alpha value is -2.45. The van der Waals surface area contributed by atoms with E-state index < -0.39 is 0 Å². The van der Waals surface area contributed by atoms with Gasteiger partial charge in [-0.15, -0.1) is 0 Å². The smallest absolute Gasteiger partial charge is 0.146 e. The van der Waals surface area contributed by atoms with Gasteiger partial charge in [-0.25, -0.2) is 4.98 Å². The van der Waals surface area contributed by atoms with Crippen LogP contribution in [0.15, 0.2) is 66.9 Å². The first kappa shape index (κ1) is 16.4. The highest BCUT2D eigenvalue weighted by atomic mass is 35.5. The molecule has 0 bridgehead atoms. The summed E-state index contributed by atoms with van der Waals surface area (Å²) in [5, 5.41) is 1.05. The Labute approximate surface area is 150 Å². The van der Waals surface area contributed by atoms with E-state index in [2.05, 4.69) is 10.7 Å². The van der Waals surface area contributed by atoms with Crippen molar-refractivity contribution in [3.8, 4) is 11.5 Å². The maximum Gasteiger partial charge on any atom is 0.146 e. The standard InChI is InChI=1S/C19H14Cl2N2O/c1-14(8-10-23-11-9-22-13-23)15-2-5-17(6-3-15)24-19-7-4-16(20)12-18(19)21/h2-7,9-13H,1H3. The van der Waals surface area contributed by atoms with E-state index in [1.165, 1.54) is 0 Å². The third kappa shape index (κ3) is 4.09. The van der Waals surface area contributed by atoms with Gasteiger partial charge in [-0.05, 0) is 48.4 Å². The van der Waals surface area contributed by atoms with Crippen molar-refractivity contribution in [3.63, 3.8) is 0 Å². The van der Waals surface area contributed by atoms with E-state index in [0.29, 0.717) is 21.5 Å². The molecule has 0 saturated heterocycles. The Bertz CT molecular complexity index is 894. The largest absolute Gasteiger partial charge is 0.456 e. The molecule has 1 aromatic heterocycles. The highest BCUT2D eigenvalue weighted by Gasteiger charge is 2.04. The van der Waals surface area contributed by atoms with Gasteiger partial charge in [0.1, 0.15) is 11.5 Å². The lowest BCUT2D eigenvalue weighted by molar-refractivity contribution is 0.483. The van der Waals surface area contributed by atoms with Crippen molar-refractivity contribution in [1.82, 2.24) is 9.55 Å². The van der Waals surface area contributed by atoms with Crippen molar-refractivity contribution in [2.24, 2.45) is 0 Å². The second-order valence-electron chi connectivity index (χ2n) is 5.11. The van der Waals surface area contributed by atoms with Gasteiger partial charge in [0.15, 0.2) is 0 Å². The molecule has 0 aliphatic rings. The summed E-state index contributed by atoms with van der Waals surface area (Å²) in [5.74, 6) is 1.27. The van der Waals surface area contributed by atoms with Gasteiger partial charge in [0, 0.05) is 17.4 Å². The lowest BCUT2D eigenvalue weighted by Gasteiger charge is -2.08. The van der Waals surface area contributed by atoms with Crippen LogP contribution in [0.5, 0.6) is 11.5 Å². The molecule has 0 atom stereocenters. The Morgan fingerprint density at radius 3 is 2.62 bits per heavy atom. The number of aromatic nitrogens is 2. The van der Waals surface area contributed by atoms with Crippen LogP contribution < -0.4 is 4.74 Å². The van der Waals surface area contributed by atoms with E-state index in [9.17, 15) is 0 Å². The first-order chi connectivity index (χ1) is 11.6. The maximum absolute atomic E-state index is 6.12. The van der Waals surface area contributed by atoms with Crippen molar-refractivity contribution in [1.29, 1.82) is 0 Å². The monoisotopic (exact) mass is 356 g/mol. The summed E-state index contributed by atoms with van der Waals surface area (Å²) in [6, 6.07) is 12.9. The molecular formula is C19H14Cl2N2O. The van der Waals surface area contributed by atoms with Crippen molar-refractivity contribution >= 4 is 35.0 Å². The zero-order valence-corrected chi connectivity index (χ0v) is 14.4. The number of allylic oxidation sites excluding steroid dienone is 1. The third-order valence-corrected chi connectivity index (χ3v) is 3.89. The Morgan fingerprint density at radius 1 is 1.17 bits per heavy atom. The number of imidazole rings is 1. The van der Waals surface area contributed by atoms with E-state index in [4.69, 9.17) is 27.9 Å². The molecule has 2 aromatic carbocycles. The molecular weight excluding hydrogens is 343 g/mol. The van der Waals surface area contributed by atoms with Crippen molar-refractivity contribution in [2.75, 3.05) is 0 Å². The van der Waals surface area contributed by atoms with E-state index in [1.807, 2.05) is 48.2 Å². The quantitative estimate of drug-likeness (QED) is 0.523. The molecule has 5 heteroatoms. The predicted molar refractivity (Wildman–Crippen MR) is 98.6 cm³/mol. The average molecular weight is 357 g/mol. The second kappa shape index (κ2) is 7.41. The summed E-state index contributed by atoms with van der Waals surface area (Å²) < 4.78 is 7.61. The van der Waals surface area contributed by atoms with E-state index in [-0.39, 0.29) is 0 Å². The highest BCUT2D eigenvalue weighted by molar-refractivity contribution is 6.35. The van der Waals surface area contributed by atoms with Crippen LogP contribution in [0.4, 0.5) is 0 Å². The van der Waals surface area contributed by atoms with Crippen molar-refractivity contribution in [2.45, 2.75) is 6.92 Å². The van der Waals surface area contributed by atoms with Crippen LogP contribution in [-0.2, 0) is 0 Å². The van der Waals surface area contributed by atoms with Crippen LogP contribution in [0.3, 0.4) is 0 Å². The molecule has 0 aliphatic carbocycles. The normalized spacial score (nSPS) is 10.1. The number of halogens is 2. The zero-order valence-electron chi connectivity index (χ0n) is 12.9. The third-order valence-electron chi connectivity index (χ3n) is 3.36. The fraction of sp³-hybridized carbons (Fsp3) is 0.0526. The predicted octanol–water partition coefficient (Wildman–Crippen LogP) is 6.16. The summed E-state index contributed by atoms with van der Waals surface area (Å²) in [5.41, 5.74) is 5.29. The van der Waals surface area contributed by atoms with Gasteiger partial charge in [-0.3, -0.25) is 0 Å². The van der Waals surface area contributed by atoms with Gasteiger partial charge in [0.05, 0.1) is 17.5 Å². The number of hydrogen-bond donors (Lipinski definition) is 0. The molecule has 24 heavy (non-hydrogen) atoms. The van der Waals surface area contributed by atoms with Gasteiger partial charge in [0.25, 0.3) is 0 Å². The molecule has 0 aliphatic heterocycles. The lowest BCUT2D eigenvalue weighted by Crippen LogP contribution is -1.86. The fourth-order valence-electron chi connectivity index (χ4n) is 2.06. The highest BCUT2D eigenvalue weighted by Crippen LogP contribution is 2.31. The molecule has 1 heterocycles. The Balaban J connectivity index is 1.76. The Morgan fingerprint density at radius 2 is 1.96 bits per heavy atom. The minimum Gasteiger partial charge on any atom is -0.456 e. The number of rotatable bonds is 4. The average Bonchev–Trinajstić information content (AvgIpc) is 3.09. The topological polar surface area (TPSA) is 27.1 Å². The summed E-state index contributed by atoms with van der Waals surface area (Å²) >= 11 is 12.0. The summed E-state index contributed by atoms with van der Waals surface area (Å²) in [7, 11) is 0. The molecule has 0 fully saturated rings. The van der Waals surface area contributed by atoms with Gasteiger partial charge in [-0.2, -0.15) is 0 Å².